The molecular formula is C16H18ClN3O2S. The number of rotatable bonds is 5. The molecule has 2 aromatic rings. The molecule has 23 heavy (non-hydrogen) atoms. The Hall–Kier alpha value is -1.66. The van der Waals surface area contributed by atoms with Gasteiger partial charge in [-0.15, -0.1) is 4.37 Å². The quantitative estimate of drug-likeness (QED) is 0.769. The first-order valence-corrected chi connectivity index (χ1v) is 8.73. The van der Waals surface area contributed by atoms with E-state index in [1.54, 1.807) is 24.3 Å². The topological polar surface area (TPSA) is 55.3 Å². The third kappa shape index (κ3) is 4.00. The smallest absolute Gasteiger partial charge is 0.271 e. The Morgan fingerprint density at radius 1 is 1.30 bits per heavy atom. The van der Waals surface area contributed by atoms with E-state index in [-0.39, 0.29) is 12.4 Å². The summed E-state index contributed by atoms with van der Waals surface area (Å²) in [7, 11) is 0. The van der Waals surface area contributed by atoms with Gasteiger partial charge >= 0.3 is 0 Å². The third-order valence-corrected chi connectivity index (χ3v) is 4.79. The van der Waals surface area contributed by atoms with Crippen molar-refractivity contribution in [1.29, 1.82) is 0 Å². The number of aromatic nitrogens is 2. The monoisotopic (exact) mass is 351 g/mol. The molecule has 3 rings (SSSR count). The van der Waals surface area contributed by atoms with E-state index in [0.29, 0.717) is 16.5 Å². The van der Waals surface area contributed by atoms with Gasteiger partial charge in [-0.3, -0.25) is 4.79 Å². The third-order valence-electron chi connectivity index (χ3n) is 4.03. The molecule has 0 radical (unpaired) electrons. The van der Waals surface area contributed by atoms with Gasteiger partial charge in [-0.25, -0.2) is 0 Å². The number of halogens is 1. The molecule has 0 saturated carbocycles. The second-order valence-corrected chi connectivity index (χ2v) is 6.75. The van der Waals surface area contributed by atoms with Crippen LogP contribution in [0.5, 0.6) is 5.88 Å². The van der Waals surface area contributed by atoms with Crippen molar-refractivity contribution in [2.75, 3.05) is 24.6 Å². The predicted molar refractivity (Wildman–Crippen MR) is 91.8 cm³/mol. The number of hydrogen-bond acceptors (Lipinski definition) is 6. The molecule has 1 aliphatic rings. The number of hydrogen-bond donors (Lipinski definition) is 0. The van der Waals surface area contributed by atoms with Crippen LogP contribution in [0.1, 0.15) is 30.1 Å². The largest absolute Gasteiger partial charge is 0.466 e. The number of piperidine rings is 1. The highest BCUT2D eigenvalue weighted by molar-refractivity contribution is 6.99. The van der Waals surface area contributed by atoms with Crippen LogP contribution in [-0.2, 0) is 0 Å². The number of ether oxygens (including phenoxy) is 1. The lowest BCUT2D eigenvalue weighted by atomic mass is 9.99. The van der Waals surface area contributed by atoms with Gasteiger partial charge < -0.3 is 9.64 Å². The van der Waals surface area contributed by atoms with Crippen LogP contribution in [0.3, 0.4) is 0 Å². The summed E-state index contributed by atoms with van der Waals surface area (Å²) in [5.41, 5.74) is 0.575. The van der Waals surface area contributed by atoms with E-state index in [9.17, 15) is 4.79 Å². The molecule has 0 aliphatic carbocycles. The lowest BCUT2D eigenvalue weighted by molar-refractivity contribution is 0.0919. The van der Waals surface area contributed by atoms with E-state index in [1.165, 1.54) is 0 Å². The summed E-state index contributed by atoms with van der Waals surface area (Å²) in [5, 5.41) is 0.604. The van der Waals surface area contributed by atoms with Crippen molar-refractivity contribution in [3.05, 3.63) is 34.9 Å². The normalized spacial score (nSPS) is 15.7. The van der Waals surface area contributed by atoms with Gasteiger partial charge in [0, 0.05) is 23.7 Å². The Morgan fingerprint density at radius 3 is 2.70 bits per heavy atom. The fraction of sp³-hybridized carbons (Fsp3) is 0.438. The van der Waals surface area contributed by atoms with Gasteiger partial charge in [-0.2, -0.15) is 4.37 Å². The van der Waals surface area contributed by atoms with E-state index in [2.05, 4.69) is 20.6 Å². The molecule has 0 bridgehead atoms. The van der Waals surface area contributed by atoms with Crippen LogP contribution < -0.4 is 9.64 Å². The minimum absolute atomic E-state index is 0.0513. The van der Waals surface area contributed by atoms with Crippen molar-refractivity contribution in [1.82, 2.24) is 8.75 Å². The maximum atomic E-state index is 12.2. The van der Waals surface area contributed by atoms with Crippen molar-refractivity contribution < 1.29 is 9.53 Å². The second kappa shape index (κ2) is 7.27. The zero-order valence-electron chi connectivity index (χ0n) is 12.9. The van der Waals surface area contributed by atoms with Crippen LogP contribution in [0.4, 0.5) is 5.82 Å². The molecule has 0 atom stereocenters. The van der Waals surface area contributed by atoms with Gasteiger partial charge in [-0.05, 0) is 43.0 Å². The van der Waals surface area contributed by atoms with Crippen LogP contribution in [-0.4, -0.2) is 34.2 Å². The molecular weight excluding hydrogens is 334 g/mol. The van der Waals surface area contributed by atoms with E-state index in [4.69, 9.17) is 16.3 Å². The highest BCUT2D eigenvalue weighted by atomic mass is 35.5. The maximum Gasteiger partial charge on any atom is 0.271 e. The van der Waals surface area contributed by atoms with E-state index in [1.807, 2.05) is 0 Å². The summed E-state index contributed by atoms with van der Waals surface area (Å²) in [6, 6.07) is 6.78. The number of anilines is 1. The molecule has 5 nitrogen and oxygen atoms in total. The van der Waals surface area contributed by atoms with Crippen molar-refractivity contribution in [3.8, 4) is 5.88 Å². The molecule has 1 fully saturated rings. The fourth-order valence-electron chi connectivity index (χ4n) is 2.53. The zero-order valence-corrected chi connectivity index (χ0v) is 14.4. The van der Waals surface area contributed by atoms with Crippen LogP contribution in [0.25, 0.3) is 0 Å². The highest BCUT2D eigenvalue weighted by Gasteiger charge is 2.22. The fourth-order valence-corrected chi connectivity index (χ4v) is 3.18. The standard InChI is InChI=1S/C16H18ClN3O2S/c1-11-6-8-20(9-7-11)15-16(19-23-18-15)22-10-14(21)12-2-4-13(17)5-3-12/h2-5,11H,6-10H2,1H3. The van der Waals surface area contributed by atoms with Crippen LogP contribution in [0.15, 0.2) is 24.3 Å². The Bertz CT molecular complexity index is 666. The number of Topliss-reactive ketones (excluding diaryl/α,β-unsaturated/α-hetero) is 1. The Kier molecular flexibility index (Phi) is 5.13. The summed E-state index contributed by atoms with van der Waals surface area (Å²) in [5.74, 6) is 1.85. The predicted octanol–water partition coefficient (Wildman–Crippen LogP) is 3.69. The molecule has 1 aliphatic heterocycles. The Balaban J connectivity index is 1.61. The molecule has 0 N–H and O–H groups in total. The highest BCUT2D eigenvalue weighted by Crippen LogP contribution is 2.29. The van der Waals surface area contributed by atoms with Crippen LogP contribution in [0.2, 0.25) is 5.02 Å². The summed E-state index contributed by atoms with van der Waals surface area (Å²) < 4.78 is 14.1. The summed E-state index contributed by atoms with van der Waals surface area (Å²) in [6.45, 7) is 4.12. The minimum atomic E-state index is -0.104. The zero-order chi connectivity index (χ0) is 16.2. The number of nitrogens with zero attached hydrogens (tertiary/aromatic N) is 3. The first-order chi connectivity index (χ1) is 11.1. The Morgan fingerprint density at radius 2 is 2.00 bits per heavy atom. The molecule has 0 unspecified atom stereocenters. The van der Waals surface area contributed by atoms with Gasteiger partial charge in [0.05, 0.1) is 11.7 Å². The van der Waals surface area contributed by atoms with Crippen LogP contribution in [0, 0.1) is 5.92 Å². The van der Waals surface area contributed by atoms with Gasteiger partial charge in [0.15, 0.2) is 12.4 Å². The lowest BCUT2D eigenvalue weighted by Gasteiger charge is -2.30. The average molecular weight is 352 g/mol. The molecule has 0 spiro atoms. The van der Waals surface area contributed by atoms with Gasteiger partial charge in [-0.1, -0.05) is 18.5 Å². The maximum absolute atomic E-state index is 12.2. The van der Waals surface area contributed by atoms with Crippen molar-refractivity contribution in [2.45, 2.75) is 19.8 Å². The van der Waals surface area contributed by atoms with Crippen molar-refractivity contribution in [3.63, 3.8) is 0 Å². The van der Waals surface area contributed by atoms with E-state index in [0.717, 1.165) is 49.4 Å². The molecule has 2 heterocycles. The number of ketones is 1. The lowest BCUT2D eigenvalue weighted by Crippen LogP contribution is -2.33. The first kappa shape index (κ1) is 16.2. The van der Waals surface area contributed by atoms with E-state index < -0.39 is 0 Å². The molecule has 122 valence electrons. The molecule has 1 aromatic heterocycles. The number of carbonyl (C=O) groups excluding carboxylic acids is 1. The minimum Gasteiger partial charge on any atom is -0.466 e. The Labute approximate surface area is 144 Å². The van der Waals surface area contributed by atoms with Crippen molar-refractivity contribution in [2.24, 2.45) is 5.92 Å². The molecule has 0 amide bonds. The van der Waals surface area contributed by atoms with Gasteiger partial charge in [0.1, 0.15) is 0 Å². The molecule has 1 saturated heterocycles. The number of benzene rings is 1. The molecule has 1 aromatic carbocycles. The van der Waals surface area contributed by atoms with Gasteiger partial charge in [0.25, 0.3) is 5.88 Å². The average Bonchev–Trinajstić information content (AvgIpc) is 3.02. The number of carbonyl (C=O) groups is 1. The summed E-state index contributed by atoms with van der Waals surface area (Å²) in [4.78, 5) is 14.3. The molecule has 7 heteroatoms. The first-order valence-electron chi connectivity index (χ1n) is 7.62. The van der Waals surface area contributed by atoms with Crippen LogP contribution >= 0.6 is 23.3 Å². The van der Waals surface area contributed by atoms with E-state index >= 15 is 0 Å². The van der Waals surface area contributed by atoms with Crippen molar-refractivity contribution >= 4 is 34.9 Å². The van der Waals surface area contributed by atoms with Gasteiger partial charge in [0.2, 0.25) is 5.82 Å². The SMILES string of the molecule is CC1CCN(c2nsnc2OCC(=O)c2ccc(Cl)cc2)CC1. The summed E-state index contributed by atoms with van der Waals surface area (Å²) >= 11 is 6.94. The summed E-state index contributed by atoms with van der Waals surface area (Å²) in [6.07, 6.45) is 2.28. The second-order valence-electron chi connectivity index (χ2n) is 5.78.